The van der Waals surface area contributed by atoms with E-state index in [2.05, 4.69) is 20.3 Å². The molecule has 4 rings (SSSR count). The van der Waals surface area contributed by atoms with E-state index < -0.39 is 24.2 Å². The number of fused-ring (bicyclic) bond motifs is 1. The highest BCUT2D eigenvalue weighted by Crippen LogP contribution is 2.39. The van der Waals surface area contributed by atoms with Crippen molar-refractivity contribution in [1.29, 1.82) is 0 Å². The Bertz CT molecular complexity index is 1030. The molecule has 4 atom stereocenters. The molecule has 1 aliphatic carbocycles. The normalized spacial score (nSPS) is 24.8. The smallest absolute Gasteiger partial charge is 0.223 e. The van der Waals surface area contributed by atoms with Gasteiger partial charge in [0.25, 0.3) is 0 Å². The Hall–Kier alpha value is -2.04. The molecule has 0 saturated heterocycles. The molecule has 148 valence electrons. The maximum atomic E-state index is 10.3. The van der Waals surface area contributed by atoms with E-state index in [1.54, 1.807) is 0 Å². The summed E-state index contributed by atoms with van der Waals surface area (Å²) >= 11 is 7.83. The van der Waals surface area contributed by atoms with Gasteiger partial charge in [-0.25, -0.2) is 9.97 Å². The van der Waals surface area contributed by atoms with Crippen LogP contribution >= 0.6 is 22.9 Å². The van der Waals surface area contributed by atoms with Crippen molar-refractivity contribution >= 4 is 44.9 Å². The zero-order valence-corrected chi connectivity index (χ0v) is 16.6. The quantitative estimate of drug-likeness (QED) is 0.402. The van der Waals surface area contributed by atoms with Crippen LogP contribution in [0, 0.1) is 12.8 Å². The van der Waals surface area contributed by atoms with Gasteiger partial charge < -0.3 is 26.4 Å². The molecule has 28 heavy (non-hydrogen) atoms. The fraction of sp³-hybridized carbons (Fsp3) is 0.389. The van der Waals surface area contributed by atoms with Gasteiger partial charge in [-0.05, 0) is 31.0 Å². The highest BCUT2D eigenvalue weighted by Gasteiger charge is 2.41. The van der Waals surface area contributed by atoms with E-state index in [-0.39, 0.29) is 17.7 Å². The van der Waals surface area contributed by atoms with Gasteiger partial charge in [-0.1, -0.05) is 17.7 Å². The van der Waals surface area contributed by atoms with Gasteiger partial charge in [-0.15, -0.1) is 11.3 Å². The molecule has 0 amide bonds. The number of nitrogens with one attached hydrogen (secondary N) is 1. The van der Waals surface area contributed by atoms with Gasteiger partial charge in [0.05, 0.1) is 27.9 Å². The monoisotopic (exact) mass is 421 g/mol. The van der Waals surface area contributed by atoms with Crippen molar-refractivity contribution in [3.63, 3.8) is 0 Å². The van der Waals surface area contributed by atoms with Crippen molar-refractivity contribution in [3.05, 3.63) is 28.9 Å². The van der Waals surface area contributed by atoms with Gasteiger partial charge in [0, 0.05) is 12.5 Å². The number of halogens is 1. The zero-order valence-electron chi connectivity index (χ0n) is 15.0. The van der Waals surface area contributed by atoms with Crippen molar-refractivity contribution in [2.45, 2.75) is 31.6 Å². The van der Waals surface area contributed by atoms with Gasteiger partial charge in [-0.2, -0.15) is 4.98 Å². The number of nitrogens with zero attached hydrogens (tertiary/aromatic N) is 3. The number of nitrogen functional groups attached to an aromatic ring is 1. The second-order valence-corrected chi connectivity index (χ2v) is 8.39. The van der Waals surface area contributed by atoms with E-state index in [0.717, 1.165) is 15.8 Å². The van der Waals surface area contributed by atoms with Crippen LogP contribution in [0.15, 0.2) is 18.2 Å². The summed E-state index contributed by atoms with van der Waals surface area (Å²) in [5.74, 6) is -0.0981. The number of benzene rings is 1. The summed E-state index contributed by atoms with van der Waals surface area (Å²) in [5.41, 5.74) is 8.21. The van der Waals surface area contributed by atoms with Crippen molar-refractivity contribution in [1.82, 2.24) is 15.0 Å². The molecule has 8 nitrogen and oxygen atoms in total. The van der Waals surface area contributed by atoms with Crippen molar-refractivity contribution in [3.8, 4) is 10.6 Å². The van der Waals surface area contributed by atoms with Crippen LogP contribution in [0.1, 0.15) is 12.0 Å². The molecule has 2 aromatic heterocycles. The number of aromatic nitrogens is 3. The predicted molar refractivity (Wildman–Crippen MR) is 109 cm³/mol. The molecule has 0 radical (unpaired) electrons. The average molecular weight is 422 g/mol. The van der Waals surface area contributed by atoms with Crippen LogP contribution in [-0.2, 0) is 0 Å². The van der Waals surface area contributed by atoms with E-state index in [0.29, 0.717) is 22.8 Å². The van der Waals surface area contributed by atoms with Crippen molar-refractivity contribution < 1.29 is 15.3 Å². The number of rotatable bonds is 4. The van der Waals surface area contributed by atoms with Gasteiger partial charge in [0.2, 0.25) is 5.95 Å². The highest BCUT2D eigenvalue weighted by molar-refractivity contribution is 7.21. The van der Waals surface area contributed by atoms with E-state index in [1.165, 1.54) is 11.3 Å². The second-order valence-electron chi connectivity index (χ2n) is 7.00. The van der Waals surface area contributed by atoms with E-state index >= 15 is 0 Å². The third-order valence-corrected chi connectivity index (χ3v) is 6.32. The minimum absolute atomic E-state index is 0.0139. The third-order valence-electron chi connectivity index (χ3n) is 5.00. The first kappa shape index (κ1) is 19.3. The van der Waals surface area contributed by atoms with E-state index in [9.17, 15) is 15.3 Å². The Morgan fingerprint density at radius 3 is 2.75 bits per heavy atom. The molecule has 2 heterocycles. The van der Waals surface area contributed by atoms with Crippen LogP contribution in [-0.4, -0.2) is 55.1 Å². The fourth-order valence-electron chi connectivity index (χ4n) is 3.51. The minimum atomic E-state index is -1.06. The lowest BCUT2D eigenvalue weighted by Crippen LogP contribution is -2.35. The molecule has 0 spiro atoms. The zero-order chi connectivity index (χ0) is 20.0. The molecule has 6 N–H and O–H groups in total. The predicted octanol–water partition coefficient (Wildman–Crippen LogP) is 1.81. The van der Waals surface area contributed by atoms with Gasteiger partial charge >= 0.3 is 0 Å². The van der Waals surface area contributed by atoms with E-state index in [4.69, 9.17) is 17.3 Å². The molecule has 1 saturated carbocycles. The fourth-order valence-corrected chi connectivity index (χ4v) is 4.83. The summed E-state index contributed by atoms with van der Waals surface area (Å²) in [5, 5.41) is 33.7. The van der Waals surface area contributed by atoms with Gasteiger partial charge in [0.1, 0.15) is 22.1 Å². The number of aliphatic hydroxyl groups excluding tert-OH is 3. The minimum Gasteiger partial charge on any atom is -0.396 e. The van der Waals surface area contributed by atoms with Gasteiger partial charge in [-0.3, -0.25) is 0 Å². The number of thiazole rings is 1. The third kappa shape index (κ3) is 3.40. The SMILES string of the molecule is Cc1ccc2sc(-c3c(Cl)nc(N)nc3N[C@@H]3C[C@H](CO)[C@@H](O)[C@H]3O)nc2c1. The topological polar surface area (TPSA) is 137 Å². The Morgan fingerprint density at radius 1 is 1.25 bits per heavy atom. The number of hydrogen-bond donors (Lipinski definition) is 5. The molecule has 0 unspecified atom stereocenters. The first-order chi connectivity index (χ1) is 13.4. The Balaban J connectivity index is 1.75. The lowest BCUT2D eigenvalue weighted by atomic mass is 10.1. The second kappa shape index (κ2) is 7.41. The first-order valence-corrected chi connectivity index (χ1v) is 10.0. The van der Waals surface area contributed by atoms with Crippen molar-refractivity contribution in [2.24, 2.45) is 5.92 Å². The summed E-state index contributed by atoms with van der Waals surface area (Å²) in [4.78, 5) is 13.0. The molecule has 0 bridgehead atoms. The van der Waals surface area contributed by atoms with Crippen LogP contribution in [0.25, 0.3) is 20.8 Å². The molecular weight excluding hydrogens is 402 g/mol. The number of aliphatic hydroxyl groups is 3. The standard InChI is InChI=1S/C18H20ClN5O3S/c1-7-2-3-11-9(4-7)22-17(28-11)12-15(19)23-18(20)24-16(12)21-10-5-8(6-25)13(26)14(10)27/h2-4,8,10,13-14,25-27H,5-6H2,1H3,(H3,20,21,23,24)/t8-,10-,13-,14+/m1/s1. The maximum Gasteiger partial charge on any atom is 0.223 e. The van der Waals surface area contributed by atoms with Crippen LogP contribution < -0.4 is 11.1 Å². The van der Waals surface area contributed by atoms with Gasteiger partial charge in [0.15, 0.2) is 0 Å². The summed E-state index contributed by atoms with van der Waals surface area (Å²) < 4.78 is 0.996. The van der Waals surface area contributed by atoms with Crippen molar-refractivity contribution in [2.75, 3.05) is 17.7 Å². The summed E-state index contributed by atoms with van der Waals surface area (Å²) in [6.07, 6.45) is -1.71. The molecule has 3 aromatic rings. The summed E-state index contributed by atoms with van der Waals surface area (Å²) in [6, 6.07) is 5.47. The Kier molecular flexibility index (Phi) is 5.11. The largest absolute Gasteiger partial charge is 0.396 e. The molecule has 1 fully saturated rings. The van der Waals surface area contributed by atoms with Crippen LogP contribution in [0.2, 0.25) is 5.15 Å². The molecule has 10 heteroatoms. The lowest BCUT2D eigenvalue weighted by molar-refractivity contribution is 0.00446. The Labute approximate surface area is 170 Å². The van der Waals surface area contributed by atoms with E-state index in [1.807, 2.05) is 25.1 Å². The number of nitrogens with two attached hydrogens (primary N) is 1. The first-order valence-electron chi connectivity index (χ1n) is 8.81. The molecule has 1 aliphatic rings. The van der Waals surface area contributed by atoms with Crippen LogP contribution in [0.4, 0.5) is 11.8 Å². The highest BCUT2D eigenvalue weighted by atomic mass is 35.5. The maximum absolute atomic E-state index is 10.3. The van der Waals surface area contributed by atoms with Crippen LogP contribution in [0.5, 0.6) is 0 Å². The lowest BCUT2D eigenvalue weighted by Gasteiger charge is -2.20. The molecule has 0 aliphatic heterocycles. The summed E-state index contributed by atoms with van der Waals surface area (Å²) in [6.45, 7) is 1.78. The Morgan fingerprint density at radius 2 is 2.04 bits per heavy atom. The number of anilines is 2. The number of hydrogen-bond acceptors (Lipinski definition) is 9. The average Bonchev–Trinajstić information content (AvgIpc) is 3.16. The van der Waals surface area contributed by atoms with Crippen LogP contribution in [0.3, 0.4) is 0 Å². The summed E-state index contributed by atoms with van der Waals surface area (Å²) in [7, 11) is 0. The number of aryl methyl sites for hydroxylation is 1. The molecule has 1 aromatic carbocycles. The molecular formula is C18H20ClN5O3S.